The van der Waals surface area contributed by atoms with Gasteiger partial charge < -0.3 is 9.84 Å². The second-order valence-corrected chi connectivity index (χ2v) is 5.41. The number of ether oxygens (including phenoxy) is 1. The lowest BCUT2D eigenvalue weighted by molar-refractivity contribution is -0.137. The van der Waals surface area contributed by atoms with Crippen molar-refractivity contribution in [3.05, 3.63) is 53.3 Å². The second kappa shape index (κ2) is 5.80. The van der Waals surface area contributed by atoms with E-state index in [0.29, 0.717) is 17.0 Å². The molecule has 0 spiro atoms. The molecule has 1 N–H and O–H groups in total. The summed E-state index contributed by atoms with van der Waals surface area (Å²) in [5.41, 5.74) is 0.659. The summed E-state index contributed by atoms with van der Waals surface area (Å²) >= 11 is 0. The Morgan fingerprint density at radius 2 is 1.96 bits per heavy atom. The summed E-state index contributed by atoms with van der Waals surface area (Å²) in [6.45, 7) is 1.64. The highest BCUT2D eigenvalue weighted by Crippen LogP contribution is 2.38. The fourth-order valence-electron chi connectivity index (χ4n) is 2.69. The number of fused-ring (bicyclic) bond motifs is 1. The molecule has 0 atom stereocenters. The minimum atomic E-state index is -4.49. The van der Waals surface area contributed by atoms with Crippen LogP contribution in [-0.4, -0.2) is 27.6 Å². The van der Waals surface area contributed by atoms with Gasteiger partial charge in [-0.25, -0.2) is 9.78 Å². The number of alkyl halides is 3. The average molecular weight is 350 g/mol. The van der Waals surface area contributed by atoms with Crippen molar-refractivity contribution in [2.24, 2.45) is 0 Å². The summed E-state index contributed by atoms with van der Waals surface area (Å²) in [4.78, 5) is 15.3. The molecule has 0 aliphatic carbocycles. The van der Waals surface area contributed by atoms with Gasteiger partial charge in [0.15, 0.2) is 0 Å². The summed E-state index contributed by atoms with van der Waals surface area (Å²) in [6, 6.07) is 5.92. The fourth-order valence-corrected chi connectivity index (χ4v) is 2.69. The van der Waals surface area contributed by atoms with Crippen LogP contribution in [0.15, 0.2) is 36.5 Å². The molecule has 1 aromatic carbocycles. The molecule has 0 amide bonds. The molecule has 2 aromatic heterocycles. The molecule has 130 valence electrons. The molecule has 0 saturated heterocycles. The molecular formula is C17H13F3N2O3. The van der Waals surface area contributed by atoms with Gasteiger partial charge >= 0.3 is 12.1 Å². The Morgan fingerprint density at radius 1 is 1.24 bits per heavy atom. The molecular weight excluding hydrogens is 337 g/mol. The highest BCUT2D eigenvalue weighted by Gasteiger charge is 2.32. The van der Waals surface area contributed by atoms with Crippen LogP contribution in [0.2, 0.25) is 0 Å². The summed E-state index contributed by atoms with van der Waals surface area (Å²) in [5, 5.41) is 9.06. The predicted octanol–water partition coefficient (Wildman–Crippen LogP) is 4.04. The van der Waals surface area contributed by atoms with Crippen molar-refractivity contribution in [2.45, 2.75) is 13.1 Å². The highest BCUT2D eigenvalue weighted by atomic mass is 19.4. The van der Waals surface area contributed by atoms with E-state index in [2.05, 4.69) is 4.98 Å². The smallest absolute Gasteiger partial charge is 0.416 e. The van der Waals surface area contributed by atoms with Crippen LogP contribution >= 0.6 is 0 Å². The Kier molecular flexibility index (Phi) is 3.90. The molecule has 25 heavy (non-hydrogen) atoms. The van der Waals surface area contributed by atoms with Crippen molar-refractivity contribution in [1.82, 2.24) is 9.38 Å². The van der Waals surface area contributed by atoms with Gasteiger partial charge in [-0.1, -0.05) is 0 Å². The Hall–Kier alpha value is -3.03. The van der Waals surface area contributed by atoms with E-state index in [4.69, 9.17) is 9.84 Å². The molecule has 0 fully saturated rings. The Labute approximate surface area is 140 Å². The molecule has 3 rings (SSSR count). The van der Waals surface area contributed by atoms with Gasteiger partial charge in [0, 0.05) is 11.8 Å². The third-order valence-electron chi connectivity index (χ3n) is 3.83. The van der Waals surface area contributed by atoms with Crippen molar-refractivity contribution in [1.29, 1.82) is 0 Å². The average Bonchev–Trinajstić information content (AvgIpc) is 2.88. The van der Waals surface area contributed by atoms with Crippen molar-refractivity contribution in [3.8, 4) is 17.0 Å². The number of halogens is 3. The molecule has 0 aliphatic heterocycles. The number of carboxylic acids is 1. The number of imidazole rings is 1. The zero-order valence-corrected chi connectivity index (χ0v) is 13.3. The topological polar surface area (TPSA) is 63.8 Å². The van der Waals surface area contributed by atoms with E-state index in [-0.39, 0.29) is 16.9 Å². The lowest BCUT2D eigenvalue weighted by Crippen LogP contribution is -2.06. The Bertz CT molecular complexity index is 977. The number of hydrogen-bond acceptors (Lipinski definition) is 3. The van der Waals surface area contributed by atoms with Gasteiger partial charge in [-0.2, -0.15) is 13.2 Å². The molecule has 0 saturated carbocycles. The lowest BCUT2D eigenvalue weighted by atomic mass is 10.0. The zero-order valence-electron chi connectivity index (χ0n) is 13.3. The number of methoxy groups -OCH3 is 1. The van der Waals surface area contributed by atoms with Crippen LogP contribution in [0, 0.1) is 6.92 Å². The van der Waals surface area contributed by atoms with E-state index >= 15 is 0 Å². The summed E-state index contributed by atoms with van der Waals surface area (Å²) < 4.78 is 46.0. The highest BCUT2D eigenvalue weighted by molar-refractivity contribution is 5.89. The Morgan fingerprint density at radius 3 is 2.56 bits per heavy atom. The second-order valence-electron chi connectivity index (χ2n) is 5.41. The number of rotatable bonds is 3. The number of benzene rings is 1. The maximum absolute atomic E-state index is 13.1. The number of carbonyl (C=O) groups is 1. The van der Waals surface area contributed by atoms with Gasteiger partial charge in [-0.3, -0.25) is 4.40 Å². The van der Waals surface area contributed by atoms with Gasteiger partial charge in [-0.15, -0.1) is 0 Å². The van der Waals surface area contributed by atoms with Crippen LogP contribution in [0.5, 0.6) is 5.75 Å². The van der Waals surface area contributed by atoms with Gasteiger partial charge in [0.2, 0.25) is 0 Å². The zero-order chi connectivity index (χ0) is 18.4. The van der Waals surface area contributed by atoms with Crippen molar-refractivity contribution >= 4 is 11.6 Å². The van der Waals surface area contributed by atoms with Gasteiger partial charge in [0.05, 0.1) is 29.6 Å². The standard InChI is InChI=1S/C17H13F3N2O3/c1-9-15(22-6-5-10(16(23)24)7-14(22)21-9)12-8-11(17(18,19)20)3-4-13(12)25-2/h3-8H,1-2H3,(H,23,24). The molecule has 3 aromatic rings. The first kappa shape index (κ1) is 16.8. The van der Waals surface area contributed by atoms with E-state index in [1.807, 2.05) is 0 Å². The van der Waals surface area contributed by atoms with E-state index < -0.39 is 17.7 Å². The molecule has 0 bridgehead atoms. The van der Waals surface area contributed by atoms with Crippen molar-refractivity contribution in [3.63, 3.8) is 0 Å². The van der Waals surface area contributed by atoms with Crippen LogP contribution in [0.25, 0.3) is 16.9 Å². The van der Waals surface area contributed by atoms with Crippen LogP contribution in [0.3, 0.4) is 0 Å². The SMILES string of the molecule is COc1ccc(C(F)(F)F)cc1-c1c(C)nc2cc(C(=O)O)ccn12. The summed E-state index contributed by atoms with van der Waals surface area (Å²) in [7, 11) is 1.37. The van der Waals surface area contributed by atoms with Gasteiger partial charge in [-0.05, 0) is 37.3 Å². The van der Waals surface area contributed by atoms with Crippen LogP contribution in [0.4, 0.5) is 13.2 Å². The molecule has 0 unspecified atom stereocenters. The quantitative estimate of drug-likeness (QED) is 0.774. The number of nitrogens with zero attached hydrogens (tertiary/aromatic N) is 2. The van der Waals surface area contributed by atoms with E-state index in [9.17, 15) is 18.0 Å². The number of carboxylic acid groups (broad SMARTS) is 1. The third-order valence-corrected chi connectivity index (χ3v) is 3.83. The first-order chi connectivity index (χ1) is 11.7. The molecule has 8 heteroatoms. The first-order valence-electron chi connectivity index (χ1n) is 7.20. The normalized spacial score (nSPS) is 11.7. The van der Waals surface area contributed by atoms with E-state index in [1.165, 1.54) is 31.5 Å². The minimum absolute atomic E-state index is 0.0417. The van der Waals surface area contributed by atoms with E-state index in [1.54, 1.807) is 11.3 Å². The summed E-state index contributed by atoms with van der Waals surface area (Å²) in [5.74, 6) is -0.846. The monoisotopic (exact) mass is 350 g/mol. The van der Waals surface area contributed by atoms with Gasteiger partial charge in [0.1, 0.15) is 11.4 Å². The van der Waals surface area contributed by atoms with Gasteiger partial charge in [0.25, 0.3) is 0 Å². The number of aromatic nitrogens is 2. The number of hydrogen-bond donors (Lipinski definition) is 1. The Balaban J connectivity index is 2.29. The molecule has 0 radical (unpaired) electrons. The number of aromatic carboxylic acids is 1. The number of aryl methyl sites for hydroxylation is 1. The number of pyridine rings is 1. The predicted molar refractivity (Wildman–Crippen MR) is 83.9 cm³/mol. The summed E-state index contributed by atoms with van der Waals surface area (Å²) in [6.07, 6.45) is -3.03. The largest absolute Gasteiger partial charge is 0.496 e. The van der Waals surface area contributed by atoms with Crippen LogP contribution < -0.4 is 4.74 Å². The maximum Gasteiger partial charge on any atom is 0.416 e. The van der Waals surface area contributed by atoms with Crippen molar-refractivity contribution in [2.75, 3.05) is 7.11 Å². The van der Waals surface area contributed by atoms with Crippen LogP contribution in [0.1, 0.15) is 21.6 Å². The molecule has 2 heterocycles. The fraction of sp³-hybridized carbons (Fsp3) is 0.176. The minimum Gasteiger partial charge on any atom is -0.496 e. The van der Waals surface area contributed by atoms with Crippen molar-refractivity contribution < 1.29 is 27.8 Å². The van der Waals surface area contributed by atoms with Crippen LogP contribution in [-0.2, 0) is 6.18 Å². The first-order valence-corrected chi connectivity index (χ1v) is 7.20. The third kappa shape index (κ3) is 2.90. The van der Waals surface area contributed by atoms with E-state index in [0.717, 1.165) is 12.1 Å². The maximum atomic E-state index is 13.1. The molecule has 0 aliphatic rings. The lowest BCUT2D eigenvalue weighted by Gasteiger charge is -2.13. The molecule has 5 nitrogen and oxygen atoms in total.